The zero-order valence-corrected chi connectivity index (χ0v) is 14.0. The van der Waals surface area contributed by atoms with Crippen molar-refractivity contribution in [1.29, 1.82) is 0 Å². The third kappa shape index (κ3) is 5.90. The Bertz CT molecular complexity index is 679. The van der Waals surface area contributed by atoms with Gasteiger partial charge in [-0.05, 0) is 61.6 Å². The number of hydrogen-bond donors (Lipinski definition) is 1. The number of rotatable bonds is 10. The lowest BCUT2D eigenvalue weighted by Crippen LogP contribution is -2.24. The lowest BCUT2D eigenvalue weighted by molar-refractivity contribution is 0.0906. The van der Waals surface area contributed by atoms with Crippen LogP contribution in [-0.4, -0.2) is 25.7 Å². The number of benzene rings is 1. The Kier molecular flexibility index (Phi) is 6.06. The van der Waals surface area contributed by atoms with Crippen molar-refractivity contribution in [2.45, 2.75) is 25.9 Å². The molecule has 5 nitrogen and oxygen atoms in total. The molecule has 0 radical (unpaired) electrons. The molecule has 1 amide bonds. The number of halogens is 1. The Labute approximate surface area is 146 Å². The van der Waals surface area contributed by atoms with Gasteiger partial charge in [0.2, 0.25) is 0 Å². The minimum Gasteiger partial charge on any atom is -0.486 e. The molecule has 1 N–H and O–H groups in total. The number of furan rings is 1. The second kappa shape index (κ2) is 8.67. The van der Waals surface area contributed by atoms with E-state index in [1.165, 1.54) is 37.1 Å². The molecule has 0 unspecified atom stereocenters. The molecule has 6 heteroatoms. The predicted molar refractivity (Wildman–Crippen MR) is 89.9 cm³/mol. The first-order valence-electron chi connectivity index (χ1n) is 8.54. The molecule has 0 spiro atoms. The molecule has 1 saturated carbocycles. The standard InChI is InChI=1S/C19H22FNO4/c20-15-4-6-16(7-5-15)24-13-17-8-9-18(25-17)19(22)21-10-1-11-23-12-14-2-3-14/h4-9,14H,1-3,10-13H2,(H,21,22). The minimum atomic E-state index is -0.317. The van der Waals surface area contributed by atoms with E-state index >= 15 is 0 Å². The smallest absolute Gasteiger partial charge is 0.286 e. The molecule has 2 aromatic rings. The fraction of sp³-hybridized carbons (Fsp3) is 0.421. The molecule has 25 heavy (non-hydrogen) atoms. The summed E-state index contributed by atoms with van der Waals surface area (Å²) in [4.78, 5) is 12.0. The molecular formula is C19H22FNO4. The van der Waals surface area contributed by atoms with Gasteiger partial charge >= 0.3 is 0 Å². The van der Waals surface area contributed by atoms with Gasteiger partial charge in [-0.2, -0.15) is 0 Å². The highest BCUT2D eigenvalue weighted by molar-refractivity contribution is 5.91. The molecule has 1 aliphatic rings. The minimum absolute atomic E-state index is 0.175. The van der Waals surface area contributed by atoms with E-state index in [9.17, 15) is 9.18 Å². The van der Waals surface area contributed by atoms with Crippen LogP contribution in [0.5, 0.6) is 5.75 Å². The molecule has 3 rings (SSSR count). The summed E-state index contributed by atoms with van der Waals surface area (Å²) in [5.41, 5.74) is 0. The van der Waals surface area contributed by atoms with E-state index < -0.39 is 0 Å². The van der Waals surface area contributed by atoms with Gasteiger partial charge in [0.25, 0.3) is 5.91 Å². The fourth-order valence-electron chi connectivity index (χ4n) is 2.26. The quantitative estimate of drug-likeness (QED) is 0.668. The average molecular weight is 347 g/mol. The first-order valence-corrected chi connectivity index (χ1v) is 8.54. The van der Waals surface area contributed by atoms with Gasteiger partial charge in [-0.3, -0.25) is 4.79 Å². The molecule has 0 aliphatic heterocycles. The highest BCUT2D eigenvalue weighted by Gasteiger charge is 2.20. The van der Waals surface area contributed by atoms with Crippen molar-refractivity contribution >= 4 is 5.91 Å². The maximum absolute atomic E-state index is 12.8. The number of carbonyl (C=O) groups is 1. The SMILES string of the molecule is O=C(NCCCOCC1CC1)c1ccc(COc2ccc(F)cc2)o1. The molecule has 1 aromatic carbocycles. The summed E-state index contributed by atoms with van der Waals surface area (Å²) in [5.74, 6) is 1.50. The number of amides is 1. The second-order valence-electron chi connectivity index (χ2n) is 6.14. The summed E-state index contributed by atoms with van der Waals surface area (Å²) in [6, 6.07) is 9.03. The molecule has 1 fully saturated rings. The van der Waals surface area contributed by atoms with Crippen molar-refractivity contribution in [3.05, 3.63) is 53.7 Å². The van der Waals surface area contributed by atoms with Crippen molar-refractivity contribution in [1.82, 2.24) is 5.32 Å². The van der Waals surface area contributed by atoms with Crippen molar-refractivity contribution < 1.29 is 23.1 Å². The van der Waals surface area contributed by atoms with Crippen LogP contribution in [-0.2, 0) is 11.3 Å². The second-order valence-corrected chi connectivity index (χ2v) is 6.14. The highest BCUT2D eigenvalue weighted by Crippen LogP contribution is 2.28. The maximum Gasteiger partial charge on any atom is 0.286 e. The van der Waals surface area contributed by atoms with Crippen LogP contribution in [0.3, 0.4) is 0 Å². The van der Waals surface area contributed by atoms with Crippen LogP contribution >= 0.6 is 0 Å². The third-order valence-electron chi connectivity index (χ3n) is 3.88. The molecule has 134 valence electrons. The zero-order chi connectivity index (χ0) is 17.5. The number of carbonyl (C=O) groups excluding carboxylic acids is 1. The van der Waals surface area contributed by atoms with Gasteiger partial charge in [0, 0.05) is 19.8 Å². The Hall–Kier alpha value is -2.34. The lowest BCUT2D eigenvalue weighted by Gasteiger charge is -2.05. The molecule has 1 heterocycles. The Morgan fingerprint density at radius 1 is 1.20 bits per heavy atom. The van der Waals surface area contributed by atoms with E-state index in [-0.39, 0.29) is 24.1 Å². The van der Waals surface area contributed by atoms with Crippen LogP contribution < -0.4 is 10.1 Å². The molecule has 0 atom stereocenters. The normalized spacial score (nSPS) is 13.6. The van der Waals surface area contributed by atoms with E-state index in [0.29, 0.717) is 24.7 Å². The fourth-order valence-corrected chi connectivity index (χ4v) is 2.26. The van der Waals surface area contributed by atoms with Crippen molar-refractivity contribution in [3.63, 3.8) is 0 Å². The van der Waals surface area contributed by atoms with Crippen molar-refractivity contribution in [2.24, 2.45) is 5.92 Å². The predicted octanol–water partition coefficient (Wildman–Crippen LogP) is 3.54. The Balaban J connectivity index is 1.34. The maximum atomic E-state index is 12.8. The van der Waals surface area contributed by atoms with E-state index in [2.05, 4.69) is 5.32 Å². The highest BCUT2D eigenvalue weighted by atomic mass is 19.1. The Morgan fingerprint density at radius 2 is 2.00 bits per heavy atom. The van der Waals surface area contributed by atoms with Crippen LogP contribution in [0.2, 0.25) is 0 Å². The topological polar surface area (TPSA) is 60.7 Å². The first kappa shape index (κ1) is 17.5. The van der Waals surface area contributed by atoms with E-state index in [1.807, 2.05) is 0 Å². The van der Waals surface area contributed by atoms with E-state index in [4.69, 9.17) is 13.9 Å². The summed E-state index contributed by atoms with van der Waals surface area (Å²) in [6.07, 6.45) is 3.34. The van der Waals surface area contributed by atoms with Gasteiger partial charge in [-0.25, -0.2) is 4.39 Å². The van der Waals surface area contributed by atoms with Crippen LogP contribution in [0.15, 0.2) is 40.8 Å². The van der Waals surface area contributed by atoms with Crippen LogP contribution in [0, 0.1) is 11.7 Å². The molecule has 0 saturated heterocycles. The summed E-state index contributed by atoms with van der Waals surface area (Å²) >= 11 is 0. The van der Waals surface area contributed by atoms with Gasteiger partial charge in [0.1, 0.15) is 23.9 Å². The summed E-state index contributed by atoms with van der Waals surface area (Å²) < 4.78 is 29.3. The Morgan fingerprint density at radius 3 is 2.76 bits per heavy atom. The molecule has 1 aliphatic carbocycles. The summed E-state index contributed by atoms with van der Waals surface area (Å²) in [6.45, 7) is 2.22. The molecular weight excluding hydrogens is 325 g/mol. The first-order chi connectivity index (χ1) is 12.2. The van der Waals surface area contributed by atoms with E-state index in [1.54, 1.807) is 12.1 Å². The van der Waals surface area contributed by atoms with Crippen molar-refractivity contribution in [2.75, 3.05) is 19.8 Å². The monoisotopic (exact) mass is 347 g/mol. The largest absolute Gasteiger partial charge is 0.486 e. The lowest BCUT2D eigenvalue weighted by atomic mass is 10.3. The van der Waals surface area contributed by atoms with Gasteiger partial charge in [-0.1, -0.05) is 0 Å². The van der Waals surface area contributed by atoms with E-state index in [0.717, 1.165) is 18.9 Å². The number of hydrogen-bond acceptors (Lipinski definition) is 4. The van der Waals surface area contributed by atoms with Crippen molar-refractivity contribution in [3.8, 4) is 5.75 Å². The molecule has 1 aromatic heterocycles. The van der Waals surface area contributed by atoms with Gasteiger partial charge in [0.15, 0.2) is 5.76 Å². The van der Waals surface area contributed by atoms with Gasteiger partial charge in [0.05, 0.1) is 0 Å². The zero-order valence-electron chi connectivity index (χ0n) is 14.0. The molecule has 0 bridgehead atoms. The average Bonchev–Trinajstić information content (AvgIpc) is 3.32. The van der Waals surface area contributed by atoms with Crippen LogP contribution in [0.1, 0.15) is 35.6 Å². The summed E-state index contributed by atoms with van der Waals surface area (Å²) in [5, 5.41) is 2.80. The van der Waals surface area contributed by atoms with Crippen LogP contribution in [0.25, 0.3) is 0 Å². The van der Waals surface area contributed by atoms with Gasteiger partial charge in [-0.15, -0.1) is 0 Å². The van der Waals surface area contributed by atoms with Crippen LogP contribution in [0.4, 0.5) is 4.39 Å². The summed E-state index contributed by atoms with van der Waals surface area (Å²) in [7, 11) is 0. The third-order valence-corrected chi connectivity index (χ3v) is 3.88. The number of ether oxygens (including phenoxy) is 2. The van der Waals surface area contributed by atoms with Gasteiger partial charge < -0.3 is 19.2 Å². The number of nitrogens with one attached hydrogen (secondary N) is 1.